The zero-order valence-electron chi connectivity index (χ0n) is 11.1. The minimum atomic E-state index is -0.745. The van der Waals surface area contributed by atoms with Gasteiger partial charge in [0.15, 0.2) is 11.5 Å². The fourth-order valence-corrected chi connectivity index (χ4v) is 3.97. The Morgan fingerprint density at radius 1 is 1.26 bits per heavy atom. The summed E-state index contributed by atoms with van der Waals surface area (Å²) in [5.41, 5.74) is 1.13. The molecule has 3 atom stereocenters. The van der Waals surface area contributed by atoms with E-state index in [4.69, 9.17) is 9.47 Å². The Kier molecular flexibility index (Phi) is 3.75. The third-order valence-electron chi connectivity index (χ3n) is 3.59. The fourth-order valence-electron chi connectivity index (χ4n) is 2.52. The van der Waals surface area contributed by atoms with E-state index < -0.39 is 10.8 Å². The van der Waals surface area contributed by atoms with E-state index in [2.05, 4.69) is 12.2 Å². The summed E-state index contributed by atoms with van der Waals surface area (Å²) < 4.78 is 23.1. The van der Waals surface area contributed by atoms with Crippen molar-refractivity contribution in [1.82, 2.24) is 5.32 Å². The first kappa shape index (κ1) is 12.9. The van der Waals surface area contributed by atoms with Gasteiger partial charge in [-0.3, -0.25) is 4.21 Å². The van der Waals surface area contributed by atoms with Gasteiger partial charge in [-0.15, -0.1) is 0 Å². The molecule has 0 aromatic heterocycles. The summed E-state index contributed by atoms with van der Waals surface area (Å²) in [5.74, 6) is 3.06. The lowest BCUT2D eigenvalue weighted by Crippen LogP contribution is -2.30. The minimum Gasteiger partial charge on any atom is -0.486 e. The molecule has 1 aromatic carbocycles. The van der Waals surface area contributed by atoms with Crippen molar-refractivity contribution < 1.29 is 13.7 Å². The molecule has 0 saturated carbocycles. The van der Waals surface area contributed by atoms with E-state index in [0.717, 1.165) is 29.2 Å². The van der Waals surface area contributed by atoms with Gasteiger partial charge in [-0.2, -0.15) is 0 Å². The van der Waals surface area contributed by atoms with E-state index in [9.17, 15) is 4.21 Å². The molecule has 19 heavy (non-hydrogen) atoms. The largest absolute Gasteiger partial charge is 0.486 e. The van der Waals surface area contributed by atoms with Crippen molar-refractivity contribution in [3.8, 4) is 11.5 Å². The van der Waals surface area contributed by atoms with Crippen LogP contribution in [-0.2, 0) is 10.8 Å². The Morgan fingerprint density at radius 2 is 2.05 bits per heavy atom. The maximum atomic E-state index is 11.9. The van der Waals surface area contributed by atoms with Gasteiger partial charge < -0.3 is 14.8 Å². The van der Waals surface area contributed by atoms with Crippen LogP contribution in [0.2, 0.25) is 0 Å². The summed E-state index contributed by atoms with van der Waals surface area (Å²) in [6.45, 7) is 3.35. The van der Waals surface area contributed by atoms with E-state index in [1.54, 1.807) is 0 Å². The van der Waals surface area contributed by atoms with Crippen molar-refractivity contribution in [3.63, 3.8) is 0 Å². The molecule has 1 N–H and O–H groups in total. The summed E-state index contributed by atoms with van der Waals surface area (Å²) in [5, 5.41) is 3.54. The van der Waals surface area contributed by atoms with Crippen molar-refractivity contribution in [1.29, 1.82) is 0 Å². The molecule has 2 aliphatic heterocycles. The first-order valence-electron chi connectivity index (χ1n) is 6.73. The molecule has 3 unspecified atom stereocenters. The molecule has 104 valence electrons. The third-order valence-corrected chi connectivity index (χ3v) is 4.98. The molecule has 0 amide bonds. The van der Waals surface area contributed by atoms with Crippen LogP contribution in [0, 0.1) is 0 Å². The molecular formula is C14H19NO3S. The molecule has 0 bridgehead atoms. The van der Waals surface area contributed by atoms with Gasteiger partial charge in [0, 0.05) is 34.4 Å². The van der Waals surface area contributed by atoms with Crippen LogP contribution in [0.3, 0.4) is 0 Å². The van der Waals surface area contributed by atoms with E-state index >= 15 is 0 Å². The standard InChI is InChI=1S/C14H19NO3S/c1-10-4-7-19(16)9-12(15-10)11-2-3-13-14(8-11)18-6-5-17-13/h2-3,8,10,12,15H,4-7,9H2,1H3. The van der Waals surface area contributed by atoms with Gasteiger partial charge in [-0.25, -0.2) is 0 Å². The Labute approximate surface area is 115 Å². The fraction of sp³-hybridized carbons (Fsp3) is 0.571. The van der Waals surface area contributed by atoms with Crippen LogP contribution in [-0.4, -0.2) is 35.0 Å². The monoisotopic (exact) mass is 281 g/mol. The molecule has 1 saturated heterocycles. The lowest BCUT2D eigenvalue weighted by Gasteiger charge is -2.23. The summed E-state index contributed by atoms with van der Waals surface area (Å²) in [4.78, 5) is 0. The van der Waals surface area contributed by atoms with Crippen LogP contribution < -0.4 is 14.8 Å². The third kappa shape index (κ3) is 2.92. The highest BCUT2D eigenvalue weighted by molar-refractivity contribution is 7.85. The summed E-state index contributed by atoms with van der Waals surface area (Å²) in [6.07, 6.45) is 0.966. The van der Waals surface area contributed by atoms with Gasteiger partial charge in [-0.1, -0.05) is 6.07 Å². The van der Waals surface area contributed by atoms with Crippen LogP contribution in [0.25, 0.3) is 0 Å². The Balaban J connectivity index is 1.85. The van der Waals surface area contributed by atoms with Crippen molar-refractivity contribution in [2.45, 2.75) is 25.4 Å². The van der Waals surface area contributed by atoms with E-state index in [0.29, 0.717) is 25.0 Å². The van der Waals surface area contributed by atoms with Crippen LogP contribution in [0.1, 0.15) is 24.9 Å². The number of rotatable bonds is 1. The highest BCUT2D eigenvalue weighted by Crippen LogP contribution is 2.33. The second-order valence-electron chi connectivity index (χ2n) is 5.12. The Bertz CT molecular complexity index is 492. The zero-order valence-corrected chi connectivity index (χ0v) is 11.9. The molecule has 0 radical (unpaired) electrons. The summed E-state index contributed by atoms with van der Waals surface area (Å²) in [6, 6.07) is 6.53. The van der Waals surface area contributed by atoms with Gasteiger partial charge in [0.2, 0.25) is 0 Å². The first-order valence-corrected chi connectivity index (χ1v) is 8.22. The highest BCUT2D eigenvalue weighted by Gasteiger charge is 2.23. The molecule has 0 spiro atoms. The molecular weight excluding hydrogens is 262 g/mol. The van der Waals surface area contributed by atoms with Gasteiger partial charge in [0.05, 0.1) is 0 Å². The van der Waals surface area contributed by atoms with Crippen LogP contribution >= 0.6 is 0 Å². The molecule has 5 heteroatoms. The predicted octanol–water partition coefficient (Wildman–Crippen LogP) is 1.63. The second-order valence-corrected chi connectivity index (χ2v) is 6.74. The van der Waals surface area contributed by atoms with E-state index in [-0.39, 0.29) is 6.04 Å². The first-order chi connectivity index (χ1) is 9.22. The maximum Gasteiger partial charge on any atom is 0.161 e. The number of nitrogens with one attached hydrogen (secondary N) is 1. The number of ether oxygens (including phenoxy) is 2. The van der Waals surface area contributed by atoms with Crippen molar-refractivity contribution >= 4 is 10.8 Å². The normalized spacial score (nSPS) is 30.7. The predicted molar refractivity (Wildman–Crippen MR) is 75.3 cm³/mol. The van der Waals surface area contributed by atoms with Gasteiger partial charge >= 0.3 is 0 Å². The van der Waals surface area contributed by atoms with E-state index in [1.807, 2.05) is 18.2 Å². The topological polar surface area (TPSA) is 47.6 Å². The number of hydrogen-bond donors (Lipinski definition) is 1. The smallest absolute Gasteiger partial charge is 0.161 e. The Morgan fingerprint density at radius 3 is 2.89 bits per heavy atom. The molecule has 1 fully saturated rings. The molecule has 0 aliphatic carbocycles. The summed E-state index contributed by atoms with van der Waals surface area (Å²) in [7, 11) is -0.745. The number of hydrogen-bond acceptors (Lipinski definition) is 4. The number of fused-ring (bicyclic) bond motifs is 1. The van der Waals surface area contributed by atoms with Crippen molar-refractivity contribution in [3.05, 3.63) is 23.8 Å². The average Bonchev–Trinajstić information content (AvgIpc) is 2.60. The van der Waals surface area contributed by atoms with E-state index in [1.165, 1.54) is 0 Å². The van der Waals surface area contributed by atoms with Gasteiger partial charge in [0.25, 0.3) is 0 Å². The van der Waals surface area contributed by atoms with Crippen LogP contribution in [0.4, 0.5) is 0 Å². The maximum absolute atomic E-state index is 11.9. The lowest BCUT2D eigenvalue weighted by molar-refractivity contribution is 0.171. The van der Waals surface area contributed by atoms with Crippen molar-refractivity contribution in [2.75, 3.05) is 24.7 Å². The average molecular weight is 281 g/mol. The molecule has 2 heterocycles. The van der Waals surface area contributed by atoms with Gasteiger partial charge in [0.1, 0.15) is 13.2 Å². The van der Waals surface area contributed by atoms with Gasteiger partial charge in [-0.05, 0) is 31.0 Å². The molecule has 1 aromatic rings. The van der Waals surface area contributed by atoms with Crippen LogP contribution in [0.15, 0.2) is 18.2 Å². The minimum absolute atomic E-state index is 0.133. The zero-order chi connectivity index (χ0) is 13.2. The summed E-state index contributed by atoms with van der Waals surface area (Å²) >= 11 is 0. The van der Waals surface area contributed by atoms with Crippen LogP contribution in [0.5, 0.6) is 11.5 Å². The highest BCUT2D eigenvalue weighted by atomic mass is 32.2. The molecule has 2 aliphatic rings. The lowest BCUT2D eigenvalue weighted by atomic mass is 10.1. The molecule has 4 nitrogen and oxygen atoms in total. The number of benzene rings is 1. The molecule has 3 rings (SSSR count). The quantitative estimate of drug-likeness (QED) is 0.850. The van der Waals surface area contributed by atoms with Crippen molar-refractivity contribution in [2.24, 2.45) is 0 Å². The second kappa shape index (κ2) is 5.51. The Hall–Kier alpha value is -1.07. The SMILES string of the molecule is CC1CCS(=O)CC(c2ccc3c(c2)OCCO3)N1.